The van der Waals surface area contributed by atoms with E-state index < -0.39 is 0 Å². The van der Waals surface area contributed by atoms with E-state index in [4.69, 9.17) is 15.1 Å². The van der Waals surface area contributed by atoms with Crippen LogP contribution in [0.3, 0.4) is 0 Å². The van der Waals surface area contributed by atoms with Gasteiger partial charge in [0.25, 0.3) is 0 Å². The zero-order valence-electron chi connectivity index (χ0n) is 17.4. The third-order valence-electron chi connectivity index (χ3n) is 5.13. The Labute approximate surface area is 186 Å². The molecule has 0 fully saturated rings. The topological polar surface area (TPSA) is 122 Å². The van der Waals surface area contributed by atoms with Crippen molar-refractivity contribution in [3.63, 3.8) is 0 Å². The molecule has 2 N–H and O–H groups in total. The number of hydrogen-bond donors (Lipinski definition) is 1. The molecule has 5 rings (SSSR count). The fourth-order valence-electron chi connectivity index (χ4n) is 3.67. The van der Waals surface area contributed by atoms with Crippen LogP contribution >= 0.6 is 0 Å². The molecule has 5 aromatic rings. The number of pyridine rings is 1. The number of ether oxygens (including phenoxy) is 1. The molecule has 0 aliphatic carbocycles. The molecule has 9 nitrogen and oxygen atoms in total. The Morgan fingerprint density at radius 2 is 2.00 bits per heavy atom. The molecule has 10 heteroatoms. The molecule has 2 aromatic carbocycles. The summed E-state index contributed by atoms with van der Waals surface area (Å²) in [6, 6.07) is 12.7. The average molecular weight is 444 g/mol. The highest BCUT2D eigenvalue weighted by Crippen LogP contribution is 2.40. The number of fused-ring (bicyclic) bond motifs is 1. The molecule has 3 heterocycles. The first kappa shape index (κ1) is 20.3. The van der Waals surface area contributed by atoms with Gasteiger partial charge in [0.1, 0.15) is 23.4 Å². The van der Waals surface area contributed by atoms with E-state index in [-0.39, 0.29) is 17.5 Å². The first-order valence-electron chi connectivity index (χ1n) is 10.1. The van der Waals surface area contributed by atoms with Crippen LogP contribution in [0.25, 0.3) is 33.7 Å². The first-order chi connectivity index (χ1) is 16.1. The number of imidazole rings is 1. The lowest BCUT2D eigenvalue weighted by molar-refractivity contribution is 0.112. The Bertz CT molecular complexity index is 1480. The van der Waals surface area contributed by atoms with Crippen LogP contribution < -0.4 is 10.5 Å². The third-order valence-corrected chi connectivity index (χ3v) is 5.13. The maximum Gasteiger partial charge on any atom is 0.229 e. The number of nitrogens with zero attached hydrogens (tertiary/aromatic N) is 5. The minimum atomic E-state index is -0.378. The standard InChI is InChI=1S/C23H17FN6O3/c1-2-30-20-17(27-22(30)19-21(25)29-33-28-19)11-26-23(32-16-8-6-15(24)7-9-16)18(20)14-5-3-4-13(10-14)12-31/h3-12H,2H2,1H3,(H2,25,29). The summed E-state index contributed by atoms with van der Waals surface area (Å²) in [5.74, 6) is 0.866. The number of hydrogen-bond acceptors (Lipinski definition) is 8. The Morgan fingerprint density at radius 3 is 2.70 bits per heavy atom. The van der Waals surface area contributed by atoms with E-state index in [0.717, 1.165) is 6.29 Å². The summed E-state index contributed by atoms with van der Waals surface area (Å²) in [4.78, 5) is 20.6. The van der Waals surface area contributed by atoms with E-state index in [1.807, 2.05) is 17.6 Å². The van der Waals surface area contributed by atoms with E-state index in [1.54, 1.807) is 24.4 Å². The number of carbonyl (C=O) groups is 1. The van der Waals surface area contributed by atoms with E-state index >= 15 is 0 Å². The molecule has 0 spiro atoms. The lowest BCUT2D eigenvalue weighted by Crippen LogP contribution is -2.02. The number of benzene rings is 2. The van der Waals surface area contributed by atoms with Gasteiger partial charge in [-0.2, -0.15) is 0 Å². The zero-order chi connectivity index (χ0) is 22.9. The maximum absolute atomic E-state index is 13.4. The summed E-state index contributed by atoms with van der Waals surface area (Å²) in [6.45, 7) is 2.46. The van der Waals surface area contributed by atoms with Gasteiger partial charge in [-0.25, -0.2) is 19.0 Å². The van der Waals surface area contributed by atoms with Gasteiger partial charge >= 0.3 is 0 Å². The van der Waals surface area contributed by atoms with Gasteiger partial charge < -0.3 is 15.0 Å². The van der Waals surface area contributed by atoms with Gasteiger partial charge in [0.2, 0.25) is 5.88 Å². The van der Waals surface area contributed by atoms with Crippen LogP contribution in [0.15, 0.2) is 59.4 Å². The molecular formula is C23H17FN6O3. The minimum Gasteiger partial charge on any atom is -0.438 e. The average Bonchev–Trinajstić information content (AvgIpc) is 3.43. The molecule has 0 unspecified atom stereocenters. The minimum absolute atomic E-state index is 0.111. The van der Waals surface area contributed by atoms with Gasteiger partial charge in [-0.15, -0.1) is 0 Å². The first-order valence-corrected chi connectivity index (χ1v) is 10.1. The molecule has 0 aliphatic heterocycles. The lowest BCUT2D eigenvalue weighted by Gasteiger charge is -2.14. The van der Waals surface area contributed by atoms with E-state index in [2.05, 4.69) is 20.3 Å². The van der Waals surface area contributed by atoms with Crippen molar-refractivity contribution in [2.75, 3.05) is 5.73 Å². The van der Waals surface area contributed by atoms with Crippen molar-refractivity contribution in [3.8, 4) is 34.3 Å². The molecule has 33 heavy (non-hydrogen) atoms. The molecule has 3 aromatic heterocycles. The summed E-state index contributed by atoms with van der Waals surface area (Å²) in [7, 11) is 0. The van der Waals surface area contributed by atoms with Gasteiger partial charge in [0.15, 0.2) is 17.3 Å². The van der Waals surface area contributed by atoms with Crippen molar-refractivity contribution >= 4 is 23.1 Å². The number of nitrogen functional groups attached to an aromatic ring is 1. The van der Waals surface area contributed by atoms with Crippen molar-refractivity contribution in [2.24, 2.45) is 0 Å². The monoisotopic (exact) mass is 444 g/mol. The van der Waals surface area contributed by atoms with E-state index in [0.29, 0.717) is 51.5 Å². The second-order valence-corrected chi connectivity index (χ2v) is 7.15. The number of halogens is 1. The number of anilines is 1. The predicted molar refractivity (Wildman–Crippen MR) is 118 cm³/mol. The van der Waals surface area contributed by atoms with Crippen LogP contribution in [0, 0.1) is 5.82 Å². The Hall–Kier alpha value is -4.60. The van der Waals surface area contributed by atoms with Crippen molar-refractivity contribution in [1.29, 1.82) is 0 Å². The summed E-state index contributed by atoms with van der Waals surface area (Å²) in [6.07, 6.45) is 2.34. The Morgan fingerprint density at radius 1 is 1.18 bits per heavy atom. The number of nitrogens with two attached hydrogens (primary N) is 1. The van der Waals surface area contributed by atoms with Crippen molar-refractivity contribution < 1.29 is 18.6 Å². The second kappa shape index (κ2) is 8.15. The van der Waals surface area contributed by atoms with Crippen LogP contribution in [0.2, 0.25) is 0 Å². The van der Waals surface area contributed by atoms with Crippen molar-refractivity contribution in [1.82, 2.24) is 24.8 Å². The zero-order valence-corrected chi connectivity index (χ0v) is 17.4. The fraction of sp³-hybridized carbons (Fsp3) is 0.0870. The lowest BCUT2D eigenvalue weighted by atomic mass is 10.0. The van der Waals surface area contributed by atoms with E-state index in [1.165, 1.54) is 24.3 Å². The van der Waals surface area contributed by atoms with Gasteiger partial charge in [-0.1, -0.05) is 18.2 Å². The maximum atomic E-state index is 13.4. The van der Waals surface area contributed by atoms with Crippen molar-refractivity contribution in [2.45, 2.75) is 13.5 Å². The van der Waals surface area contributed by atoms with Crippen LogP contribution in [-0.2, 0) is 6.54 Å². The summed E-state index contributed by atoms with van der Waals surface area (Å²) in [5.41, 5.74) is 9.28. The third kappa shape index (κ3) is 3.57. The number of aldehydes is 1. The number of carbonyl (C=O) groups excluding carboxylic acids is 1. The van der Waals surface area contributed by atoms with Gasteiger partial charge in [-0.05, 0) is 53.1 Å². The molecule has 0 saturated carbocycles. The molecule has 0 atom stereocenters. The van der Waals surface area contributed by atoms with Crippen LogP contribution in [-0.4, -0.2) is 31.1 Å². The number of aromatic nitrogens is 5. The van der Waals surface area contributed by atoms with Crippen LogP contribution in [0.1, 0.15) is 17.3 Å². The largest absolute Gasteiger partial charge is 0.438 e. The van der Waals surface area contributed by atoms with Crippen LogP contribution in [0.4, 0.5) is 10.2 Å². The molecule has 0 amide bonds. The second-order valence-electron chi connectivity index (χ2n) is 7.15. The molecular weight excluding hydrogens is 427 g/mol. The SMILES string of the molecule is CCn1c(-c2nonc2N)nc2cnc(Oc3ccc(F)cc3)c(-c3cccc(C=O)c3)c21. The Balaban J connectivity index is 1.80. The molecule has 0 aliphatic rings. The van der Waals surface area contributed by atoms with Crippen LogP contribution in [0.5, 0.6) is 11.6 Å². The smallest absolute Gasteiger partial charge is 0.229 e. The van der Waals surface area contributed by atoms with Gasteiger partial charge in [0, 0.05) is 12.1 Å². The number of rotatable bonds is 6. The molecule has 0 radical (unpaired) electrons. The normalized spacial score (nSPS) is 11.1. The molecule has 0 bridgehead atoms. The highest BCUT2D eigenvalue weighted by molar-refractivity contribution is 5.97. The summed E-state index contributed by atoms with van der Waals surface area (Å²) >= 11 is 0. The highest BCUT2D eigenvalue weighted by Gasteiger charge is 2.24. The summed E-state index contributed by atoms with van der Waals surface area (Å²) < 4.78 is 26.1. The van der Waals surface area contributed by atoms with Gasteiger partial charge in [-0.3, -0.25) is 4.79 Å². The van der Waals surface area contributed by atoms with Crippen molar-refractivity contribution in [3.05, 3.63) is 66.1 Å². The van der Waals surface area contributed by atoms with E-state index in [9.17, 15) is 9.18 Å². The molecule has 0 saturated heterocycles. The summed E-state index contributed by atoms with van der Waals surface area (Å²) in [5, 5.41) is 7.54. The molecule has 164 valence electrons. The fourth-order valence-corrected chi connectivity index (χ4v) is 3.67. The Kier molecular flexibility index (Phi) is 5.02. The number of aryl methyl sites for hydroxylation is 1. The predicted octanol–water partition coefficient (Wildman–Crippen LogP) is 4.49. The van der Waals surface area contributed by atoms with Gasteiger partial charge in [0.05, 0.1) is 17.3 Å². The quantitative estimate of drug-likeness (QED) is 0.380. The highest BCUT2D eigenvalue weighted by atomic mass is 19.1.